The van der Waals surface area contributed by atoms with Crippen LogP contribution in [0.15, 0.2) is 74.7 Å². The van der Waals surface area contributed by atoms with Crippen molar-refractivity contribution in [2.75, 3.05) is 20.8 Å². The van der Waals surface area contributed by atoms with Gasteiger partial charge in [0.25, 0.3) is 11.8 Å². The Morgan fingerprint density at radius 3 is 2.17 bits per heavy atom. The Kier molecular flexibility index (Phi) is 9.60. The van der Waals surface area contributed by atoms with Crippen molar-refractivity contribution in [3.8, 4) is 17.2 Å². The second-order valence-corrected chi connectivity index (χ2v) is 8.96. The Hall–Kier alpha value is -3.70. The lowest BCUT2D eigenvalue weighted by molar-refractivity contribution is -0.120. The molecular formula is C25H21Br2N3O6. The van der Waals surface area contributed by atoms with E-state index in [0.717, 1.165) is 8.95 Å². The first kappa shape index (κ1) is 26.9. The molecule has 0 atom stereocenters. The van der Waals surface area contributed by atoms with E-state index in [1.165, 1.54) is 26.5 Å². The van der Waals surface area contributed by atoms with Gasteiger partial charge >= 0.3 is 5.97 Å². The first-order valence-electron chi connectivity index (χ1n) is 10.4. The van der Waals surface area contributed by atoms with Crippen LogP contribution in [0, 0.1) is 0 Å². The number of ether oxygens (including phenoxy) is 3. The van der Waals surface area contributed by atoms with Crippen LogP contribution < -0.4 is 25.0 Å². The maximum atomic E-state index is 12.5. The molecule has 3 rings (SSSR count). The molecule has 36 heavy (non-hydrogen) atoms. The summed E-state index contributed by atoms with van der Waals surface area (Å²) in [5.74, 6) is -0.430. The van der Waals surface area contributed by atoms with Crippen molar-refractivity contribution in [1.82, 2.24) is 10.7 Å². The maximum absolute atomic E-state index is 12.5. The van der Waals surface area contributed by atoms with Crippen LogP contribution >= 0.6 is 31.9 Å². The van der Waals surface area contributed by atoms with Crippen LogP contribution in [0.3, 0.4) is 0 Å². The summed E-state index contributed by atoms with van der Waals surface area (Å²) in [5, 5.41) is 6.41. The molecular weight excluding hydrogens is 598 g/mol. The minimum absolute atomic E-state index is 0.255. The van der Waals surface area contributed by atoms with E-state index in [9.17, 15) is 14.4 Å². The van der Waals surface area contributed by atoms with Gasteiger partial charge in [0, 0.05) is 20.1 Å². The number of nitrogens with one attached hydrogen (secondary N) is 2. The maximum Gasteiger partial charge on any atom is 0.343 e. The molecule has 3 aromatic rings. The van der Waals surface area contributed by atoms with E-state index in [0.29, 0.717) is 28.2 Å². The fraction of sp³-hybridized carbons (Fsp3) is 0.120. The second-order valence-electron chi connectivity index (χ2n) is 7.12. The first-order valence-corrected chi connectivity index (χ1v) is 12.0. The van der Waals surface area contributed by atoms with E-state index in [2.05, 4.69) is 47.7 Å². The SMILES string of the molecule is COc1ccc(C(=O)NCC(=O)N/N=C/c2cc(Br)ccc2OC(=O)c2ccc(Br)cc2)cc1OC. The molecule has 9 nitrogen and oxygen atoms in total. The monoisotopic (exact) mass is 617 g/mol. The fourth-order valence-electron chi connectivity index (χ4n) is 2.91. The van der Waals surface area contributed by atoms with Crippen LogP contribution in [0.4, 0.5) is 0 Å². The molecule has 0 saturated heterocycles. The molecule has 0 spiro atoms. The number of halogens is 2. The zero-order valence-corrected chi connectivity index (χ0v) is 22.4. The summed E-state index contributed by atoms with van der Waals surface area (Å²) in [7, 11) is 2.95. The van der Waals surface area contributed by atoms with Crippen LogP contribution in [-0.2, 0) is 4.79 Å². The van der Waals surface area contributed by atoms with Gasteiger partial charge < -0.3 is 19.5 Å². The van der Waals surface area contributed by atoms with Crippen molar-refractivity contribution in [3.05, 3.63) is 86.3 Å². The van der Waals surface area contributed by atoms with Crippen LogP contribution in [-0.4, -0.2) is 44.8 Å². The molecule has 0 aliphatic heterocycles. The van der Waals surface area contributed by atoms with E-state index < -0.39 is 17.8 Å². The number of nitrogens with zero attached hydrogens (tertiary/aromatic N) is 1. The van der Waals surface area contributed by atoms with Gasteiger partial charge in [-0.2, -0.15) is 5.10 Å². The topological polar surface area (TPSA) is 115 Å². The minimum atomic E-state index is -0.552. The van der Waals surface area contributed by atoms with Crippen molar-refractivity contribution in [3.63, 3.8) is 0 Å². The van der Waals surface area contributed by atoms with Gasteiger partial charge in [-0.15, -0.1) is 0 Å². The molecule has 0 fully saturated rings. The van der Waals surface area contributed by atoms with Gasteiger partial charge in [0.1, 0.15) is 5.75 Å². The molecule has 0 radical (unpaired) electrons. The summed E-state index contributed by atoms with van der Waals surface area (Å²) in [5.41, 5.74) is 3.45. The van der Waals surface area contributed by atoms with Crippen LogP contribution in [0.5, 0.6) is 17.2 Å². The smallest absolute Gasteiger partial charge is 0.343 e. The summed E-state index contributed by atoms with van der Waals surface area (Å²) >= 11 is 6.68. The van der Waals surface area contributed by atoms with Crippen LogP contribution in [0.2, 0.25) is 0 Å². The van der Waals surface area contributed by atoms with Gasteiger partial charge in [0.2, 0.25) is 0 Å². The third-order valence-corrected chi connectivity index (χ3v) is 5.72. The lowest BCUT2D eigenvalue weighted by Gasteiger charge is -2.10. The minimum Gasteiger partial charge on any atom is -0.493 e. The van der Waals surface area contributed by atoms with Crippen molar-refractivity contribution >= 4 is 55.9 Å². The second kappa shape index (κ2) is 12.8. The lowest BCUT2D eigenvalue weighted by atomic mass is 10.2. The highest BCUT2D eigenvalue weighted by atomic mass is 79.9. The highest BCUT2D eigenvalue weighted by Crippen LogP contribution is 2.27. The Labute approximate surface area is 224 Å². The number of carbonyl (C=O) groups excluding carboxylic acids is 3. The number of rotatable bonds is 9. The number of benzene rings is 3. The molecule has 0 bridgehead atoms. The van der Waals surface area contributed by atoms with Crippen molar-refractivity contribution < 1.29 is 28.6 Å². The molecule has 0 heterocycles. The van der Waals surface area contributed by atoms with Gasteiger partial charge in [-0.05, 0) is 60.7 Å². The molecule has 0 saturated carbocycles. The average molecular weight is 619 g/mol. The molecule has 3 aromatic carbocycles. The van der Waals surface area contributed by atoms with Crippen LogP contribution in [0.25, 0.3) is 0 Å². The molecule has 186 valence electrons. The number of hydrogen-bond donors (Lipinski definition) is 2. The zero-order chi connectivity index (χ0) is 26.1. The van der Waals surface area contributed by atoms with Gasteiger partial charge in [-0.25, -0.2) is 10.2 Å². The van der Waals surface area contributed by atoms with Crippen molar-refractivity contribution in [2.45, 2.75) is 0 Å². The number of amides is 2. The number of hydrazone groups is 1. The van der Waals surface area contributed by atoms with E-state index in [1.54, 1.807) is 54.6 Å². The van der Waals surface area contributed by atoms with Crippen molar-refractivity contribution in [1.29, 1.82) is 0 Å². The Bertz CT molecular complexity index is 1300. The lowest BCUT2D eigenvalue weighted by Crippen LogP contribution is -2.34. The highest BCUT2D eigenvalue weighted by Gasteiger charge is 2.13. The van der Waals surface area contributed by atoms with E-state index in [1.807, 2.05) is 0 Å². The average Bonchev–Trinajstić information content (AvgIpc) is 2.88. The number of carbonyl (C=O) groups is 3. The molecule has 0 aliphatic rings. The molecule has 0 unspecified atom stereocenters. The third kappa shape index (κ3) is 7.40. The summed E-state index contributed by atoms with van der Waals surface area (Å²) in [6.45, 7) is -0.311. The van der Waals surface area contributed by atoms with Crippen LogP contribution in [0.1, 0.15) is 26.3 Å². The number of esters is 1. The fourth-order valence-corrected chi connectivity index (χ4v) is 3.55. The predicted octanol–water partition coefficient (Wildman–Crippen LogP) is 4.33. The number of methoxy groups -OCH3 is 2. The summed E-state index contributed by atoms with van der Waals surface area (Å²) in [6.07, 6.45) is 1.34. The summed E-state index contributed by atoms with van der Waals surface area (Å²) in [4.78, 5) is 37.0. The largest absolute Gasteiger partial charge is 0.493 e. The Balaban J connectivity index is 1.58. The van der Waals surface area contributed by atoms with E-state index >= 15 is 0 Å². The molecule has 11 heteroatoms. The predicted molar refractivity (Wildman–Crippen MR) is 141 cm³/mol. The van der Waals surface area contributed by atoms with Gasteiger partial charge in [-0.1, -0.05) is 31.9 Å². The molecule has 2 N–H and O–H groups in total. The van der Waals surface area contributed by atoms with E-state index in [-0.39, 0.29) is 12.3 Å². The first-order chi connectivity index (χ1) is 17.3. The molecule has 0 aromatic heterocycles. The van der Waals surface area contributed by atoms with Gasteiger partial charge in [0.05, 0.1) is 32.5 Å². The Morgan fingerprint density at radius 1 is 0.833 bits per heavy atom. The highest BCUT2D eigenvalue weighted by molar-refractivity contribution is 9.10. The van der Waals surface area contributed by atoms with E-state index in [4.69, 9.17) is 14.2 Å². The standard InChI is InChI=1S/C25H21Br2N3O6/c1-34-21-9-5-16(12-22(21)35-2)24(32)28-14-23(31)30-29-13-17-11-19(27)8-10-20(17)36-25(33)15-3-6-18(26)7-4-15/h3-13H,14H2,1-2H3,(H,28,32)(H,30,31)/b29-13+. The zero-order valence-electron chi connectivity index (χ0n) is 19.2. The third-order valence-electron chi connectivity index (χ3n) is 4.70. The van der Waals surface area contributed by atoms with Gasteiger partial charge in [0.15, 0.2) is 11.5 Å². The Morgan fingerprint density at radius 2 is 1.47 bits per heavy atom. The quantitative estimate of drug-likeness (QED) is 0.160. The van der Waals surface area contributed by atoms with Gasteiger partial charge in [-0.3, -0.25) is 9.59 Å². The normalized spacial score (nSPS) is 10.6. The summed E-state index contributed by atoms with van der Waals surface area (Å²) in [6, 6.07) is 16.4. The number of hydrogen-bond acceptors (Lipinski definition) is 7. The molecule has 0 aliphatic carbocycles. The summed E-state index contributed by atoms with van der Waals surface area (Å²) < 4.78 is 17.4. The van der Waals surface area contributed by atoms with Crippen molar-refractivity contribution in [2.24, 2.45) is 5.10 Å². The molecule has 2 amide bonds.